The number of allylic oxidation sites excluding steroid dienone is 2. The molecular weight excluding hydrogens is 126 g/mol. The minimum absolute atomic E-state index is 0.983. The third kappa shape index (κ3) is 1.37. The van der Waals surface area contributed by atoms with Gasteiger partial charge in [-0.1, -0.05) is 6.58 Å². The Hall–Kier alpha value is -1.25. The lowest BCUT2D eigenvalue weighted by atomic mass is 10.3. The molecule has 0 amide bonds. The van der Waals surface area contributed by atoms with E-state index in [-0.39, 0.29) is 0 Å². The van der Waals surface area contributed by atoms with Crippen molar-refractivity contribution in [3.8, 4) is 0 Å². The molecule has 10 heavy (non-hydrogen) atoms. The number of hydrogen-bond donors (Lipinski definition) is 1. The minimum Gasteiger partial charge on any atom is -0.283 e. The van der Waals surface area contributed by atoms with Crippen LogP contribution >= 0.6 is 0 Å². The number of hydrazine groups is 1. The standard InChI is InChI=1S/C7H11N3/c1-4-10-8-6(2)5-7(3)9-10/h4-5,8H,1H2,2-3H3. The molecule has 0 radical (unpaired) electrons. The summed E-state index contributed by atoms with van der Waals surface area (Å²) in [5.74, 6) is 0. The first-order chi connectivity index (χ1) is 4.72. The van der Waals surface area contributed by atoms with Gasteiger partial charge < -0.3 is 0 Å². The molecule has 3 nitrogen and oxygen atoms in total. The van der Waals surface area contributed by atoms with E-state index in [0.717, 1.165) is 11.4 Å². The first kappa shape index (κ1) is 6.86. The molecule has 3 heteroatoms. The molecule has 1 rings (SSSR count). The molecule has 0 aromatic carbocycles. The second kappa shape index (κ2) is 2.56. The smallest absolute Gasteiger partial charge is 0.0616 e. The van der Waals surface area contributed by atoms with E-state index in [4.69, 9.17) is 0 Å². The van der Waals surface area contributed by atoms with Gasteiger partial charge in [0.1, 0.15) is 0 Å². The zero-order valence-corrected chi connectivity index (χ0v) is 6.26. The van der Waals surface area contributed by atoms with Crippen LogP contribution in [0.4, 0.5) is 0 Å². The van der Waals surface area contributed by atoms with Crippen LogP contribution in [0.15, 0.2) is 29.7 Å². The van der Waals surface area contributed by atoms with Gasteiger partial charge in [0, 0.05) is 11.9 Å². The molecule has 1 N–H and O–H groups in total. The molecule has 0 fully saturated rings. The van der Waals surface area contributed by atoms with Crippen molar-refractivity contribution in [1.82, 2.24) is 10.5 Å². The number of rotatable bonds is 1. The summed E-state index contributed by atoms with van der Waals surface area (Å²) in [6.07, 6.45) is 3.60. The van der Waals surface area contributed by atoms with Crippen LogP contribution in [0.25, 0.3) is 0 Å². The highest BCUT2D eigenvalue weighted by Gasteiger charge is 2.01. The molecule has 1 aliphatic heterocycles. The Morgan fingerprint density at radius 1 is 1.70 bits per heavy atom. The van der Waals surface area contributed by atoms with Crippen molar-refractivity contribution in [2.45, 2.75) is 13.8 Å². The minimum atomic E-state index is 0.983. The summed E-state index contributed by atoms with van der Waals surface area (Å²) >= 11 is 0. The van der Waals surface area contributed by atoms with Gasteiger partial charge in [-0.2, -0.15) is 10.2 Å². The molecule has 1 heterocycles. The van der Waals surface area contributed by atoms with Crippen LogP contribution in [0.5, 0.6) is 0 Å². The summed E-state index contributed by atoms with van der Waals surface area (Å²) in [6.45, 7) is 7.51. The van der Waals surface area contributed by atoms with Gasteiger partial charge >= 0.3 is 0 Å². The van der Waals surface area contributed by atoms with Gasteiger partial charge in [-0.05, 0) is 19.9 Å². The second-order valence-corrected chi connectivity index (χ2v) is 2.21. The van der Waals surface area contributed by atoms with Gasteiger partial charge in [0.15, 0.2) is 0 Å². The fraction of sp³-hybridized carbons (Fsp3) is 0.286. The number of nitrogens with one attached hydrogen (secondary N) is 1. The molecule has 0 bridgehead atoms. The topological polar surface area (TPSA) is 27.6 Å². The van der Waals surface area contributed by atoms with Crippen LogP contribution in [0.3, 0.4) is 0 Å². The fourth-order valence-electron chi connectivity index (χ4n) is 0.837. The van der Waals surface area contributed by atoms with Crippen molar-refractivity contribution in [3.05, 3.63) is 24.6 Å². The molecular formula is C7H11N3. The van der Waals surface area contributed by atoms with Gasteiger partial charge in [-0.25, -0.2) is 0 Å². The Kier molecular flexibility index (Phi) is 1.76. The summed E-state index contributed by atoms with van der Waals surface area (Å²) in [7, 11) is 0. The molecule has 0 saturated heterocycles. The van der Waals surface area contributed by atoms with Crippen molar-refractivity contribution in [2.24, 2.45) is 5.10 Å². The molecule has 0 unspecified atom stereocenters. The zero-order valence-electron chi connectivity index (χ0n) is 6.26. The average molecular weight is 137 g/mol. The molecule has 0 saturated carbocycles. The molecule has 0 aromatic rings. The number of nitrogens with zero attached hydrogens (tertiary/aromatic N) is 2. The van der Waals surface area contributed by atoms with E-state index in [1.165, 1.54) is 0 Å². The molecule has 0 atom stereocenters. The Bertz CT molecular complexity index is 203. The van der Waals surface area contributed by atoms with E-state index < -0.39 is 0 Å². The van der Waals surface area contributed by atoms with Crippen LogP contribution in [0.2, 0.25) is 0 Å². The van der Waals surface area contributed by atoms with Crippen molar-refractivity contribution in [2.75, 3.05) is 0 Å². The van der Waals surface area contributed by atoms with E-state index in [0.29, 0.717) is 0 Å². The fourth-order valence-corrected chi connectivity index (χ4v) is 0.837. The first-order valence-corrected chi connectivity index (χ1v) is 3.14. The normalized spacial score (nSPS) is 17.2. The quantitative estimate of drug-likeness (QED) is 0.588. The summed E-state index contributed by atoms with van der Waals surface area (Å²) in [6, 6.07) is 0. The zero-order chi connectivity index (χ0) is 7.56. The maximum atomic E-state index is 4.10. The summed E-state index contributed by atoms with van der Waals surface area (Å²) < 4.78 is 0. The SMILES string of the molecule is C=CN1N=C(C)C=C(C)N1. The maximum absolute atomic E-state index is 4.10. The highest BCUT2D eigenvalue weighted by Crippen LogP contribution is 2.00. The first-order valence-electron chi connectivity index (χ1n) is 3.14. The summed E-state index contributed by atoms with van der Waals surface area (Å²) in [5.41, 5.74) is 5.04. The number of hydrogen-bond acceptors (Lipinski definition) is 3. The molecule has 0 aromatic heterocycles. The van der Waals surface area contributed by atoms with Gasteiger partial charge in [-0.3, -0.25) is 5.43 Å². The van der Waals surface area contributed by atoms with E-state index >= 15 is 0 Å². The Morgan fingerprint density at radius 2 is 2.40 bits per heavy atom. The van der Waals surface area contributed by atoms with E-state index in [9.17, 15) is 0 Å². The third-order valence-corrected chi connectivity index (χ3v) is 1.15. The molecule has 1 aliphatic rings. The maximum Gasteiger partial charge on any atom is 0.0616 e. The predicted molar refractivity (Wildman–Crippen MR) is 42.0 cm³/mol. The van der Waals surface area contributed by atoms with Crippen molar-refractivity contribution >= 4 is 5.71 Å². The van der Waals surface area contributed by atoms with Gasteiger partial charge in [0.05, 0.1) is 5.71 Å². The largest absolute Gasteiger partial charge is 0.283 e. The summed E-state index contributed by atoms with van der Waals surface area (Å²) in [4.78, 5) is 0. The van der Waals surface area contributed by atoms with Crippen LogP contribution in [0.1, 0.15) is 13.8 Å². The lowest BCUT2D eigenvalue weighted by molar-refractivity contribution is 0.316. The summed E-state index contributed by atoms with van der Waals surface area (Å²) in [5, 5.41) is 5.68. The number of hydrazone groups is 1. The van der Waals surface area contributed by atoms with Crippen LogP contribution < -0.4 is 5.43 Å². The second-order valence-electron chi connectivity index (χ2n) is 2.21. The van der Waals surface area contributed by atoms with Crippen molar-refractivity contribution < 1.29 is 0 Å². The lowest BCUT2D eigenvalue weighted by Crippen LogP contribution is -2.31. The monoisotopic (exact) mass is 137 g/mol. The molecule has 54 valence electrons. The van der Waals surface area contributed by atoms with Gasteiger partial charge in [0.25, 0.3) is 0 Å². The van der Waals surface area contributed by atoms with Crippen LogP contribution in [0, 0.1) is 0 Å². The van der Waals surface area contributed by atoms with E-state index in [2.05, 4.69) is 17.1 Å². The predicted octanol–water partition coefficient (Wildman–Crippen LogP) is 1.23. The van der Waals surface area contributed by atoms with Crippen molar-refractivity contribution in [3.63, 3.8) is 0 Å². The van der Waals surface area contributed by atoms with E-state index in [1.807, 2.05) is 19.9 Å². The Balaban J connectivity index is 2.76. The van der Waals surface area contributed by atoms with E-state index in [1.54, 1.807) is 11.3 Å². The Morgan fingerprint density at radius 3 is 2.90 bits per heavy atom. The van der Waals surface area contributed by atoms with Crippen LogP contribution in [-0.4, -0.2) is 10.8 Å². The van der Waals surface area contributed by atoms with Crippen molar-refractivity contribution in [1.29, 1.82) is 0 Å². The van der Waals surface area contributed by atoms with Gasteiger partial charge in [-0.15, -0.1) is 0 Å². The lowest BCUT2D eigenvalue weighted by Gasteiger charge is -2.20. The Labute approximate surface area is 60.7 Å². The van der Waals surface area contributed by atoms with Gasteiger partial charge in [0.2, 0.25) is 0 Å². The third-order valence-electron chi connectivity index (χ3n) is 1.15. The highest BCUT2D eigenvalue weighted by molar-refractivity contribution is 5.93. The molecule has 0 spiro atoms. The molecule has 0 aliphatic carbocycles. The highest BCUT2D eigenvalue weighted by atomic mass is 15.7. The van der Waals surface area contributed by atoms with Crippen LogP contribution in [-0.2, 0) is 0 Å². The average Bonchev–Trinajstić information content (AvgIpc) is 1.85.